The molecule has 0 saturated heterocycles. The molecule has 2 rings (SSSR count). The number of benzene rings is 1. The summed E-state index contributed by atoms with van der Waals surface area (Å²) >= 11 is 12.5. The van der Waals surface area contributed by atoms with Gasteiger partial charge >= 0.3 is 0 Å². The van der Waals surface area contributed by atoms with E-state index in [4.69, 9.17) is 23.2 Å². The van der Waals surface area contributed by atoms with E-state index in [2.05, 4.69) is 9.97 Å². The molecule has 2 aromatic rings. The lowest BCUT2D eigenvalue weighted by atomic mass is 10.3. The fourth-order valence-corrected chi connectivity index (χ4v) is 2.25. The molecule has 0 aliphatic rings. The lowest BCUT2D eigenvalue weighted by molar-refractivity contribution is 0.506. The van der Waals surface area contributed by atoms with E-state index >= 15 is 0 Å². The Labute approximate surface area is 110 Å². The highest BCUT2D eigenvalue weighted by atomic mass is 35.5. The van der Waals surface area contributed by atoms with Crippen molar-refractivity contribution in [2.24, 2.45) is 0 Å². The number of nitrogens with zero attached hydrogens (tertiary/aromatic N) is 2. The molecule has 0 spiro atoms. The van der Waals surface area contributed by atoms with E-state index in [1.165, 1.54) is 12.3 Å². The van der Waals surface area contributed by atoms with E-state index < -0.39 is 11.6 Å². The first-order valence-electron chi connectivity index (χ1n) is 4.37. The van der Waals surface area contributed by atoms with E-state index in [0.717, 1.165) is 23.9 Å². The number of hydrogen-bond donors (Lipinski definition) is 0. The molecule has 0 amide bonds. The summed E-state index contributed by atoms with van der Waals surface area (Å²) in [5, 5.41) is 0.723. The summed E-state index contributed by atoms with van der Waals surface area (Å²) in [7, 11) is 0. The second-order valence-electron chi connectivity index (χ2n) is 2.97. The number of hydrogen-bond acceptors (Lipinski definition) is 3. The van der Waals surface area contributed by atoms with Gasteiger partial charge in [0, 0.05) is 4.90 Å². The average Bonchev–Trinajstić information content (AvgIpc) is 2.29. The molecule has 0 N–H and O–H groups in total. The van der Waals surface area contributed by atoms with Gasteiger partial charge in [0.1, 0.15) is 5.03 Å². The Bertz CT molecular complexity index is 566. The van der Waals surface area contributed by atoms with Crippen molar-refractivity contribution in [1.29, 1.82) is 0 Å². The van der Waals surface area contributed by atoms with Crippen LogP contribution in [0.15, 0.2) is 34.3 Å². The van der Waals surface area contributed by atoms with Crippen molar-refractivity contribution in [2.45, 2.75) is 9.92 Å². The monoisotopic (exact) mass is 292 g/mol. The minimum Gasteiger partial charge on any atom is -0.225 e. The van der Waals surface area contributed by atoms with Crippen LogP contribution in [-0.2, 0) is 0 Å². The third-order valence-corrected chi connectivity index (χ3v) is 3.35. The Balaban J connectivity index is 2.31. The summed E-state index contributed by atoms with van der Waals surface area (Å²) in [6, 6.07) is 3.52. The maximum Gasteiger partial charge on any atom is 0.223 e. The molecule has 0 fully saturated rings. The number of halogens is 4. The lowest BCUT2D eigenvalue weighted by Gasteiger charge is -2.03. The van der Waals surface area contributed by atoms with Crippen LogP contribution in [0.25, 0.3) is 0 Å². The van der Waals surface area contributed by atoms with Crippen LogP contribution < -0.4 is 0 Å². The Morgan fingerprint density at radius 2 is 1.88 bits per heavy atom. The van der Waals surface area contributed by atoms with Gasteiger partial charge in [0.2, 0.25) is 5.28 Å². The van der Waals surface area contributed by atoms with Crippen LogP contribution >= 0.6 is 35.0 Å². The summed E-state index contributed by atoms with van der Waals surface area (Å²) in [5.74, 6) is -1.83. The predicted molar refractivity (Wildman–Crippen MR) is 62.5 cm³/mol. The van der Waals surface area contributed by atoms with Crippen LogP contribution in [0.4, 0.5) is 8.78 Å². The van der Waals surface area contributed by atoms with Crippen molar-refractivity contribution in [3.8, 4) is 0 Å². The number of aromatic nitrogens is 2. The zero-order chi connectivity index (χ0) is 12.4. The van der Waals surface area contributed by atoms with Crippen LogP contribution in [0.5, 0.6) is 0 Å². The molecule has 1 heterocycles. The molecule has 1 aromatic carbocycles. The molecule has 0 bridgehead atoms. The van der Waals surface area contributed by atoms with Crippen LogP contribution in [0.2, 0.25) is 10.3 Å². The van der Waals surface area contributed by atoms with Gasteiger partial charge in [-0.25, -0.2) is 18.7 Å². The summed E-state index contributed by atoms with van der Waals surface area (Å²) in [5.41, 5.74) is 0. The molecule has 17 heavy (non-hydrogen) atoms. The maximum absolute atomic E-state index is 13.0. The molecule has 2 nitrogen and oxygen atoms in total. The molecule has 1 aromatic heterocycles. The molecule has 0 saturated carbocycles. The van der Waals surface area contributed by atoms with E-state index in [-0.39, 0.29) is 5.28 Å². The molecular formula is C10H4Cl2F2N2S. The minimum atomic E-state index is -0.925. The van der Waals surface area contributed by atoms with Gasteiger partial charge in [-0.3, -0.25) is 0 Å². The summed E-state index contributed by atoms with van der Waals surface area (Å²) < 4.78 is 25.7. The second-order valence-corrected chi connectivity index (χ2v) is 4.78. The summed E-state index contributed by atoms with van der Waals surface area (Å²) in [6.07, 6.45) is 1.35. The highest BCUT2D eigenvalue weighted by Crippen LogP contribution is 2.32. The SMILES string of the molecule is Fc1ccc(Sc2nc(Cl)ncc2Cl)cc1F. The molecule has 0 radical (unpaired) electrons. The van der Waals surface area contributed by atoms with Crippen LogP contribution in [-0.4, -0.2) is 9.97 Å². The van der Waals surface area contributed by atoms with Gasteiger partial charge in [-0.2, -0.15) is 0 Å². The smallest absolute Gasteiger partial charge is 0.223 e. The molecule has 0 aliphatic carbocycles. The van der Waals surface area contributed by atoms with Gasteiger partial charge in [-0.05, 0) is 29.8 Å². The van der Waals surface area contributed by atoms with Crippen molar-refractivity contribution < 1.29 is 8.78 Å². The fourth-order valence-electron chi connectivity index (χ4n) is 1.05. The van der Waals surface area contributed by atoms with Gasteiger partial charge < -0.3 is 0 Å². The van der Waals surface area contributed by atoms with E-state index in [1.54, 1.807) is 0 Å². The van der Waals surface area contributed by atoms with Crippen molar-refractivity contribution in [1.82, 2.24) is 9.97 Å². The molecule has 88 valence electrons. The fraction of sp³-hybridized carbons (Fsp3) is 0. The molecule has 0 atom stereocenters. The van der Waals surface area contributed by atoms with E-state index in [1.807, 2.05) is 0 Å². The zero-order valence-electron chi connectivity index (χ0n) is 8.12. The highest BCUT2D eigenvalue weighted by Gasteiger charge is 2.09. The number of rotatable bonds is 2. The zero-order valence-corrected chi connectivity index (χ0v) is 10.5. The van der Waals surface area contributed by atoms with Gasteiger partial charge in [-0.15, -0.1) is 0 Å². The van der Waals surface area contributed by atoms with Crippen LogP contribution in [0.3, 0.4) is 0 Å². The first-order chi connectivity index (χ1) is 8.06. The first-order valence-corrected chi connectivity index (χ1v) is 5.94. The van der Waals surface area contributed by atoms with Crippen molar-refractivity contribution >= 4 is 35.0 Å². The lowest BCUT2D eigenvalue weighted by Crippen LogP contribution is -1.88. The molecular weight excluding hydrogens is 289 g/mol. The molecule has 7 heteroatoms. The van der Waals surface area contributed by atoms with Gasteiger partial charge in [0.05, 0.1) is 11.2 Å². The van der Waals surface area contributed by atoms with Gasteiger partial charge in [-0.1, -0.05) is 23.4 Å². The molecule has 0 aliphatic heterocycles. The van der Waals surface area contributed by atoms with Crippen molar-refractivity contribution in [2.75, 3.05) is 0 Å². The average molecular weight is 293 g/mol. The Morgan fingerprint density at radius 1 is 1.12 bits per heavy atom. The van der Waals surface area contributed by atoms with E-state index in [9.17, 15) is 8.78 Å². The van der Waals surface area contributed by atoms with Crippen LogP contribution in [0, 0.1) is 11.6 Å². The van der Waals surface area contributed by atoms with Crippen molar-refractivity contribution in [3.63, 3.8) is 0 Å². The Morgan fingerprint density at radius 3 is 2.59 bits per heavy atom. The Hall–Kier alpha value is -0.910. The normalized spacial score (nSPS) is 10.6. The van der Waals surface area contributed by atoms with Crippen LogP contribution in [0.1, 0.15) is 0 Å². The van der Waals surface area contributed by atoms with Gasteiger partial charge in [0.25, 0.3) is 0 Å². The third-order valence-electron chi connectivity index (χ3n) is 1.79. The quantitative estimate of drug-likeness (QED) is 0.612. The Kier molecular flexibility index (Phi) is 3.81. The first kappa shape index (κ1) is 12.5. The molecule has 0 unspecified atom stereocenters. The van der Waals surface area contributed by atoms with Crippen molar-refractivity contribution in [3.05, 3.63) is 46.3 Å². The van der Waals surface area contributed by atoms with E-state index in [0.29, 0.717) is 14.9 Å². The largest absolute Gasteiger partial charge is 0.225 e. The summed E-state index contributed by atoms with van der Waals surface area (Å²) in [6.45, 7) is 0. The predicted octanol–water partition coefficient (Wildman–Crippen LogP) is 4.21. The second kappa shape index (κ2) is 5.16. The maximum atomic E-state index is 13.0. The topological polar surface area (TPSA) is 25.8 Å². The summed E-state index contributed by atoms with van der Waals surface area (Å²) in [4.78, 5) is 8.05. The standard InChI is InChI=1S/C10H4Cl2F2N2S/c11-6-4-15-10(12)16-9(6)17-5-1-2-7(13)8(14)3-5/h1-4H. The van der Waals surface area contributed by atoms with Gasteiger partial charge in [0.15, 0.2) is 11.6 Å². The minimum absolute atomic E-state index is 0.0412. The highest BCUT2D eigenvalue weighted by molar-refractivity contribution is 7.99. The third kappa shape index (κ3) is 3.06.